The summed E-state index contributed by atoms with van der Waals surface area (Å²) in [5, 5.41) is 5.80. The van der Waals surface area contributed by atoms with E-state index in [1.807, 2.05) is 55.6 Å². The monoisotopic (exact) mass is 439 g/mol. The number of aromatic nitrogens is 2. The van der Waals surface area contributed by atoms with Gasteiger partial charge < -0.3 is 9.73 Å². The minimum atomic E-state index is -0.177. The molecule has 6 nitrogen and oxygen atoms in total. The largest absolute Gasteiger partial charge is 0.464 e. The summed E-state index contributed by atoms with van der Waals surface area (Å²) in [6, 6.07) is 13.0. The number of hydrogen-bond donors (Lipinski definition) is 1. The molecule has 0 aliphatic heterocycles. The zero-order valence-electron chi connectivity index (χ0n) is 16.6. The highest BCUT2D eigenvalue weighted by atomic mass is 32.2. The molecule has 3 heterocycles. The third-order valence-corrected chi connectivity index (χ3v) is 6.23. The Morgan fingerprint density at radius 1 is 1.23 bits per heavy atom. The van der Waals surface area contributed by atoms with E-state index in [1.165, 1.54) is 23.1 Å². The van der Waals surface area contributed by atoms with E-state index in [1.54, 1.807) is 16.9 Å². The summed E-state index contributed by atoms with van der Waals surface area (Å²) in [7, 11) is 0. The van der Waals surface area contributed by atoms with Crippen LogP contribution >= 0.6 is 23.1 Å². The van der Waals surface area contributed by atoms with Crippen molar-refractivity contribution < 1.29 is 9.21 Å². The molecule has 0 bridgehead atoms. The Kier molecular flexibility index (Phi) is 6.06. The SMILES string of the molecule is CC(C)CNC(=O)CSc1nc2scc(-c3ccco3)c2c(=O)n1-c1ccccc1. The zero-order valence-corrected chi connectivity index (χ0v) is 18.3. The molecule has 0 saturated heterocycles. The molecule has 0 aliphatic carbocycles. The number of thiophene rings is 1. The molecule has 1 N–H and O–H groups in total. The van der Waals surface area contributed by atoms with Gasteiger partial charge in [-0.2, -0.15) is 0 Å². The maximum atomic E-state index is 13.6. The van der Waals surface area contributed by atoms with Crippen LogP contribution < -0.4 is 10.9 Å². The van der Waals surface area contributed by atoms with Gasteiger partial charge in [-0.3, -0.25) is 14.2 Å². The van der Waals surface area contributed by atoms with E-state index in [4.69, 9.17) is 9.40 Å². The lowest BCUT2D eigenvalue weighted by Crippen LogP contribution is -2.29. The number of rotatable bonds is 7. The molecule has 0 fully saturated rings. The van der Waals surface area contributed by atoms with E-state index >= 15 is 0 Å². The summed E-state index contributed by atoms with van der Waals surface area (Å²) in [6.07, 6.45) is 1.59. The minimum Gasteiger partial charge on any atom is -0.464 e. The van der Waals surface area contributed by atoms with Crippen LogP contribution in [0.15, 0.2) is 68.5 Å². The average Bonchev–Trinajstić information content (AvgIpc) is 3.41. The van der Waals surface area contributed by atoms with E-state index in [9.17, 15) is 9.59 Å². The van der Waals surface area contributed by atoms with Crippen molar-refractivity contribution in [3.8, 4) is 17.0 Å². The Balaban J connectivity index is 1.78. The second kappa shape index (κ2) is 8.89. The molecule has 30 heavy (non-hydrogen) atoms. The number of carbonyl (C=O) groups excluding carboxylic acids is 1. The third-order valence-electron chi connectivity index (χ3n) is 4.42. The highest BCUT2D eigenvalue weighted by Crippen LogP contribution is 2.33. The predicted molar refractivity (Wildman–Crippen MR) is 121 cm³/mol. The number of nitrogens with zero attached hydrogens (tertiary/aromatic N) is 2. The van der Waals surface area contributed by atoms with Crippen LogP contribution in [0.4, 0.5) is 0 Å². The topological polar surface area (TPSA) is 77.1 Å². The molecule has 3 aromatic heterocycles. The molecule has 0 spiro atoms. The first-order chi connectivity index (χ1) is 14.5. The summed E-state index contributed by atoms with van der Waals surface area (Å²) < 4.78 is 7.09. The average molecular weight is 440 g/mol. The summed E-state index contributed by atoms with van der Waals surface area (Å²) >= 11 is 2.65. The van der Waals surface area contributed by atoms with Gasteiger partial charge in [-0.1, -0.05) is 43.8 Å². The lowest BCUT2D eigenvalue weighted by Gasteiger charge is -2.13. The Hall–Kier alpha value is -2.84. The highest BCUT2D eigenvalue weighted by Gasteiger charge is 2.20. The van der Waals surface area contributed by atoms with E-state index in [0.717, 1.165) is 5.56 Å². The van der Waals surface area contributed by atoms with Crippen LogP contribution in [-0.4, -0.2) is 27.8 Å². The van der Waals surface area contributed by atoms with Crippen molar-refractivity contribution in [2.45, 2.75) is 19.0 Å². The molecule has 1 aromatic carbocycles. The third kappa shape index (κ3) is 4.20. The van der Waals surface area contributed by atoms with Crippen molar-refractivity contribution in [1.82, 2.24) is 14.9 Å². The molecule has 4 rings (SSSR count). The van der Waals surface area contributed by atoms with E-state index in [-0.39, 0.29) is 17.2 Å². The maximum absolute atomic E-state index is 13.6. The first-order valence-corrected chi connectivity index (χ1v) is 11.4. The van der Waals surface area contributed by atoms with Gasteiger partial charge in [0.2, 0.25) is 5.91 Å². The minimum absolute atomic E-state index is 0.0786. The summed E-state index contributed by atoms with van der Waals surface area (Å²) in [5.74, 6) is 1.12. The first kappa shape index (κ1) is 20.4. The van der Waals surface area contributed by atoms with Crippen molar-refractivity contribution in [1.29, 1.82) is 0 Å². The number of thioether (sulfide) groups is 1. The number of fused-ring (bicyclic) bond motifs is 1. The smallest absolute Gasteiger partial charge is 0.268 e. The van der Waals surface area contributed by atoms with Gasteiger partial charge in [-0.05, 0) is 30.2 Å². The quantitative estimate of drug-likeness (QED) is 0.337. The molecule has 154 valence electrons. The Labute approximate surface area is 181 Å². The Bertz CT molecular complexity index is 1210. The van der Waals surface area contributed by atoms with Crippen molar-refractivity contribution in [2.24, 2.45) is 5.92 Å². The van der Waals surface area contributed by atoms with E-state index in [2.05, 4.69) is 5.32 Å². The molecule has 8 heteroatoms. The van der Waals surface area contributed by atoms with Gasteiger partial charge >= 0.3 is 0 Å². The first-order valence-electron chi connectivity index (χ1n) is 9.57. The van der Waals surface area contributed by atoms with Crippen LogP contribution in [0.1, 0.15) is 13.8 Å². The second-order valence-corrected chi connectivity index (χ2v) is 8.96. The fourth-order valence-corrected chi connectivity index (χ4v) is 4.80. The second-order valence-electron chi connectivity index (χ2n) is 7.16. The molecular formula is C22H21N3O3S2. The van der Waals surface area contributed by atoms with Crippen LogP contribution in [0.2, 0.25) is 0 Å². The fourth-order valence-electron chi connectivity index (χ4n) is 2.99. The van der Waals surface area contributed by atoms with Crippen LogP contribution in [0.3, 0.4) is 0 Å². The number of furan rings is 1. The van der Waals surface area contributed by atoms with Crippen LogP contribution in [-0.2, 0) is 4.79 Å². The van der Waals surface area contributed by atoms with Gasteiger partial charge in [-0.25, -0.2) is 4.98 Å². The van der Waals surface area contributed by atoms with Gasteiger partial charge in [0.1, 0.15) is 10.6 Å². The summed E-state index contributed by atoms with van der Waals surface area (Å²) in [6.45, 7) is 4.71. The Morgan fingerprint density at radius 3 is 2.73 bits per heavy atom. The standard InChI is InChI=1S/C22H21N3O3S2/c1-14(2)11-23-18(26)13-30-22-24-20-19(16(12-29-20)17-9-6-10-28-17)21(27)25(22)15-7-4-3-5-8-15/h3-10,12,14H,11,13H2,1-2H3,(H,23,26). The van der Waals surface area contributed by atoms with Gasteiger partial charge in [0.05, 0.1) is 23.1 Å². The molecule has 0 saturated carbocycles. The number of carbonyl (C=O) groups is 1. The predicted octanol–water partition coefficient (Wildman–Crippen LogP) is 4.57. The Morgan fingerprint density at radius 2 is 2.03 bits per heavy atom. The molecular weight excluding hydrogens is 418 g/mol. The number of nitrogens with one attached hydrogen (secondary N) is 1. The van der Waals surface area contributed by atoms with Crippen LogP contribution in [0, 0.1) is 5.92 Å². The molecule has 1 amide bonds. The van der Waals surface area contributed by atoms with Crippen molar-refractivity contribution in [2.75, 3.05) is 12.3 Å². The van der Waals surface area contributed by atoms with Gasteiger partial charge in [0, 0.05) is 17.5 Å². The summed E-state index contributed by atoms with van der Waals surface area (Å²) in [4.78, 5) is 31.1. The maximum Gasteiger partial charge on any atom is 0.268 e. The molecule has 0 unspecified atom stereocenters. The summed E-state index contributed by atoms with van der Waals surface area (Å²) in [5.41, 5.74) is 1.26. The van der Waals surface area contributed by atoms with Crippen LogP contribution in [0.25, 0.3) is 27.2 Å². The number of benzene rings is 1. The van der Waals surface area contributed by atoms with Gasteiger partial charge in [0.15, 0.2) is 5.16 Å². The zero-order chi connectivity index (χ0) is 21.1. The van der Waals surface area contributed by atoms with E-state index < -0.39 is 0 Å². The van der Waals surface area contributed by atoms with Gasteiger partial charge in [0.25, 0.3) is 5.56 Å². The molecule has 0 aliphatic rings. The molecule has 4 aromatic rings. The normalized spacial score (nSPS) is 11.3. The molecule has 0 radical (unpaired) electrons. The van der Waals surface area contributed by atoms with Crippen LogP contribution in [0.5, 0.6) is 0 Å². The highest BCUT2D eigenvalue weighted by molar-refractivity contribution is 7.99. The number of hydrogen-bond acceptors (Lipinski definition) is 6. The lowest BCUT2D eigenvalue weighted by atomic mass is 10.2. The number of amides is 1. The fraction of sp³-hybridized carbons (Fsp3) is 0.227. The van der Waals surface area contributed by atoms with Gasteiger partial charge in [-0.15, -0.1) is 11.3 Å². The van der Waals surface area contributed by atoms with Crippen molar-refractivity contribution in [3.63, 3.8) is 0 Å². The van der Waals surface area contributed by atoms with E-state index in [0.29, 0.717) is 39.3 Å². The number of para-hydroxylation sites is 1. The van der Waals surface area contributed by atoms with Crippen molar-refractivity contribution >= 4 is 39.2 Å². The lowest BCUT2D eigenvalue weighted by molar-refractivity contribution is -0.118. The van der Waals surface area contributed by atoms with Crippen molar-refractivity contribution in [3.05, 3.63) is 64.5 Å². The molecule has 0 atom stereocenters.